The van der Waals surface area contributed by atoms with Crippen molar-refractivity contribution in [1.29, 1.82) is 0 Å². The second-order valence-electron chi connectivity index (χ2n) is 4.67. The van der Waals surface area contributed by atoms with Gasteiger partial charge in [-0.15, -0.1) is 0 Å². The molecule has 1 atom stereocenters. The quantitative estimate of drug-likeness (QED) is 0.780. The SMILES string of the molecule is COCCNC(=O)C1CNCc2ccc(C)cc21. The van der Waals surface area contributed by atoms with Gasteiger partial charge in [0.25, 0.3) is 0 Å². The van der Waals surface area contributed by atoms with E-state index in [9.17, 15) is 4.79 Å². The van der Waals surface area contributed by atoms with Gasteiger partial charge in [0.15, 0.2) is 0 Å². The second kappa shape index (κ2) is 5.98. The van der Waals surface area contributed by atoms with Crippen LogP contribution in [0.5, 0.6) is 0 Å². The van der Waals surface area contributed by atoms with Crippen LogP contribution in [-0.2, 0) is 16.1 Å². The number of amides is 1. The molecule has 0 saturated carbocycles. The average Bonchev–Trinajstić information content (AvgIpc) is 2.38. The molecule has 0 spiro atoms. The van der Waals surface area contributed by atoms with E-state index in [-0.39, 0.29) is 11.8 Å². The molecule has 1 amide bonds. The summed E-state index contributed by atoms with van der Waals surface area (Å²) in [5.74, 6) is -0.0170. The minimum absolute atomic E-state index is 0.0751. The molecule has 4 heteroatoms. The molecule has 1 aromatic carbocycles. The third-order valence-electron chi connectivity index (χ3n) is 3.26. The fraction of sp³-hybridized carbons (Fsp3) is 0.500. The van der Waals surface area contributed by atoms with Gasteiger partial charge < -0.3 is 15.4 Å². The number of carbonyl (C=O) groups is 1. The first-order valence-corrected chi connectivity index (χ1v) is 6.29. The molecule has 2 rings (SSSR count). The van der Waals surface area contributed by atoms with E-state index in [1.807, 2.05) is 0 Å². The van der Waals surface area contributed by atoms with Gasteiger partial charge in [-0.05, 0) is 18.1 Å². The van der Waals surface area contributed by atoms with Crippen LogP contribution in [0.4, 0.5) is 0 Å². The van der Waals surface area contributed by atoms with Crippen molar-refractivity contribution in [1.82, 2.24) is 10.6 Å². The van der Waals surface area contributed by atoms with Crippen molar-refractivity contribution in [2.24, 2.45) is 0 Å². The van der Waals surface area contributed by atoms with Crippen LogP contribution >= 0.6 is 0 Å². The summed E-state index contributed by atoms with van der Waals surface area (Å²) in [4.78, 5) is 12.1. The monoisotopic (exact) mass is 248 g/mol. The number of aryl methyl sites for hydroxylation is 1. The Bertz CT molecular complexity index is 432. The summed E-state index contributed by atoms with van der Waals surface area (Å²) in [6, 6.07) is 6.31. The maximum absolute atomic E-state index is 12.1. The molecular weight excluding hydrogens is 228 g/mol. The predicted octanol–water partition coefficient (Wildman–Crippen LogP) is 0.944. The lowest BCUT2D eigenvalue weighted by molar-refractivity contribution is -0.122. The predicted molar refractivity (Wildman–Crippen MR) is 70.5 cm³/mol. The number of nitrogens with one attached hydrogen (secondary N) is 2. The number of methoxy groups -OCH3 is 1. The van der Waals surface area contributed by atoms with E-state index in [2.05, 4.69) is 35.8 Å². The van der Waals surface area contributed by atoms with Crippen molar-refractivity contribution in [3.63, 3.8) is 0 Å². The van der Waals surface area contributed by atoms with Gasteiger partial charge in [0, 0.05) is 26.7 Å². The summed E-state index contributed by atoms with van der Waals surface area (Å²) in [7, 11) is 1.63. The Morgan fingerprint density at radius 2 is 2.39 bits per heavy atom. The van der Waals surface area contributed by atoms with Crippen molar-refractivity contribution in [2.45, 2.75) is 19.4 Å². The molecular formula is C14H20N2O2. The van der Waals surface area contributed by atoms with Gasteiger partial charge >= 0.3 is 0 Å². The summed E-state index contributed by atoms with van der Waals surface area (Å²) in [6.07, 6.45) is 0. The van der Waals surface area contributed by atoms with Crippen molar-refractivity contribution in [2.75, 3.05) is 26.8 Å². The number of hydrogen-bond donors (Lipinski definition) is 2. The largest absolute Gasteiger partial charge is 0.383 e. The van der Waals surface area contributed by atoms with Crippen LogP contribution in [-0.4, -0.2) is 32.7 Å². The van der Waals surface area contributed by atoms with Gasteiger partial charge in [0.05, 0.1) is 12.5 Å². The molecule has 0 bridgehead atoms. The van der Waals surface area contributed by atoms with Gasteiger partial charge in [-0.2, -0.15) is 0 Å². The Morgan fingerprint density at radius 1 is 1.56 bits per heavy atom. The zero-order valence-electron chi connectivity index (χ0n) is 11.0. The van der Waals surface area contributed by atoms with Crippen molar-refractivity contribution in [3.05, 3.63) is 34.9 Å². The molecule has 98 valence electrons. The number of ether oxygens (including phenoxy) is 1. The summed E-state index contributed by atoms with van der Waals surface area (Å²) in [5, 5.41) is 6.20. The van der Waals surface area contributed by atoms with Crippen molar-refractivity contribution in [3.8, 4) is 0 Å². The van der Waals surface area contributed by atoms with Crippen LogP contribution in [0.25, 0.3) is 0 Å². The molecule has 0 fully saturated rings. The normalized spacial score (nSPS) is 18.2. The highest BCUT2D eigenvalue weighted by Crippen LogP contribution is 2.25. The third kappa shape index (κ3) is 2.89. The Hall–Kier alpha value is -1.39. The van der Waals surface area contributed by atoms with Gasteiger partial charge in [0.2, 0.25) is 5.91 Å². The van der Waals surface area contributed by atoms with Gasteiger partial charge in [-0.25, -0.2) is 0 Å². The summed E-state index contributed by atoms with van der Waals surface area (Å²) < 4.78 is 4.94. The molecule has 1 unspecified atom stereocenters. The van der Waals surface area contributed by atoms with E-state index in [1.54, 1.807) is 7.11 Å². The van der Waals surface area contributed by atoms with Gasteiger partial charge in [-0.1, -0.05) is 23.8 Å². The lowest BCUT2D eigenvalue weighted by Crippen LogP contribution is -2.39. The Labute approximate surface area is 108 Å². The molecule has 0 radical (unpaired) electrons. The lowest BCUT2D eigenvalue weighted by atomic mass is 9.89. The fourth-order valence-electron chi connectivity index (χ4n) is 2.29. The van der Waals surface area contributed by atoms with E-state index in [1.165, 1.54) is 11.1 Å². The van der Waals surface area contributed by atoms with Gasteiger partial charge in [0.1, 0.15) is 0 Å². The number of hydrogen-bond acceptors (Lipinski definition) is 3. The summed E-state index contributed by atoms with van der Waals surface area (Å²) >= 11 is 0. The first kappa shape index (κ1) is 13.1. The van der Waals surface area contributed by atoms with Gasteiger partial charge in [-0.3, -0.25) is 4.79 Å². The van der Waals surface area contributed by atoms with E-state index in [0.717, 1.165) is 12.1 Å². The van der Waals surface area contributed by atoms with E-state index in [4.69, 9.17) is 4.74 Å². The van der Waals surface area contributed by atoms with Crippen LogP contribution in [0.1, 0.15) is 22.6 Å². The molecule has 2 N–H and O–H groups in total. The molecule has 0 aromatic heterocycles. The first-order chi connectivity index (χ1) is 8.72. The highest BCUT2D eigenvalue weighted by molar-refractivity contribution is 5.84. The molecule has 1 aliphatic rings. The van der Waals surface area contributed by atoms with E-state index < -0.39 is 0 Å². The number of carbonyl (C=O) groups excluding carboxylic acids is 1. The standard InChI is InChI=1S/C14H20N2O2/c1-10-3-4-11-8-15-9-13(12(11)7-10)14(17)16-5-6-18-2/h3-4,7,13,15H,5-6,8-9H2,1-2H3,(H,16,17). The number of fused-ring (bicyclic) bond motifs is 1. The highest BCUT2D eigenvalue weighted by atomic mass is 16.5. The molecule has 0 aliphatic carbocycles. The second-order valence-corrected chi connectivity index (χ2v) is 4.67. The molecule has 4 nitrogen and oxygen atoms in total. The maximum Gasteiger partial charge on any atom is 0.228 e. The highest BCUT2D eigenvalue weighted by Gasteiger charge is 2.25. The smallest absolute Gasteiger partial charge is 0.228 e. The van der Waals surface area contributed by atoms with E-state index in [0.29, 0.717) is 19.7 Å². The molecule has 0 saturated heterocycles. The molecule has 1 aliphatic heterocycles. The zero-order valence-corrected chi connectivity index (χ0v) is 11.0. The minimum Gasteiger partial charge on any atom is -0.383 e. The number of rotatable bonds is 4. The van der Waals surface area contributed by atoms with E-state index >= 15 is 0 Å². The molecule has 1 aromatic rings. The third-order valence-corrected chi connectivity index (χ3v) is 3.26. The minimum atomic E-state index is -0.0921. The van der Waals surface area contributed by atoms with Crippen LogP contribution in [0.3, 0.4) is 0 Å². The Morgan fingerprint density at radius 3 is 3.17 bits per heavy atom. The first-order valence-electron chi connectivity index (χ1n) is 6.29. The Balaban J connectivity index is 2.11. The number of benzene rings is 1. The molecule has 18 heavy (non-hydrogen) atoms. The molecule has 1 heterocycles. The van der Waals surface area contributed by atoms with Crippen molar-refractivity contribution < 1.29 is 9.53 Å². The van der Waals surface area contributed by atoms with Crippen LogP contribution in [0.15, 0.2) is 18.2 Å². The summed E-state index contributed by atoms with van der Waals surface area (Å²) in [6.45, 7) is 4.72. The average molecular weight is 248 g/mol. The Kier molecular flexibility index (Phi) is 4.33. The summed E-state index contributed by atoms with van der Waals surface area (Å²) in [5.41, 5.74) is 3.58. The fourth-order valence-corrected chi connectivity index (χ4v) is 2.29. The van der Waals surface area contributed by atoms with Crippen LogP contribution in [0, 0.1) is 6.92 Å². The van der Waals surface area contributed by atoms with Crippen LogP contribution in [0.2, 0.25) is 0 Å². The zero-order chi connectivity index (χ0) is 13.0. The lowest BCUT2D eigenvalue weighted by Gasteiger charge is -2.26. The topological polar surface area (TPSA) is 50.4 Å². The van der Waals surface area contributed by atoms with Crippen molar-refractivity contribution >= 4 is 5.91 Å². The maximum atomic E-state index is 12.1. The van der Waals surface area contributed by atoms with Crippen LogP contribution < -0.4 is 10.6 Å².